The number of carbonyl (C=O) groups excluding carboxylic acids is 1. The number of carbonyl (C=O) groups is 1. The quantitative estimate of drug-likeness (QED) is 0.0199. The molecular formula is C83H155NO18. The second-order valence-electron chi connectivity index (χ2n) is 30.3. The van der Waals surface area contributed by atoms with E-state index < -0.39 is 124 Å². The van der Waals surface area contributed by atoms with Crippen molar-refractivity contribution in [1.29, 1.82) is 0 Å². The summed E-state index contributed by atoms with van der Waals surface area (Å²) in [5.74, 6) is -0.282. The molecule has 600 valence electrons. The summed E-state index contributed by atoms with van der Waals surface area (Å²) < 4.78 is 34.4. The number of unbranched alkanes of at least 4 members (excludes halogenated alkanes) is 48. The SMILES string of the molecule is CCCCCCCCCCCCCCCC/C=C/CC/C=C/CC/C=C/C(O)C(COC1OC(CO)C(OC2OC(CO)C(OC3OC(CO)C(O)C(O)C3O)C(O)C2O)C(O)C1O)NC(=O)CCCCCCCCCCCCCCCCCCCCCCCCCCCCCCCCCCC. The van der Waals surface area contributed by atoms with Crippen molar-refractivity contribution in [2.45, 2.75) is 458 Å². The molecule has 0 aliphatic carbocycles. The highest BCUT2D eigenvalue weighted by atomic mass is 16.8. The zero-order valence-electron chi connectivity index (χ0n) is 64.4. The first-order chi connectivity index (χ1) is 49.8. The summed E-state index contributed by atoms with van der Waals surface area (Å²) in [6.45, 7) is 1.77. The third-order valence-electron chi connectivity index (χ3n) is 21.2. The lowest BCUT2D eigenvalue weighted by atomic mass is 9.96. The van der Waals surface area contributed by atoms with Gasteiger partial charge in [0.1, 0.15) is 73.2 Å². The van der Waals surface area contributed by atoms with Gasteiger partial charge in [-0.2, -0.15) is 0 Å². The highest BCUT2D eigenvalue weighted by molar-refractivity contribution is 5.76. The van der Waals surface area contributed by atoms with Crippen LogP contribution in [0, 0.1) is 0 Å². The number of aliphatic hydroxyl groups excluding tert-OH is 11. The molecule has 12 N–H and O–H groups in total. The second-order valence-corrected chi connectivity index (χ2v) is 30.3. The van der Waals surface area contributed by atoms with Gasteiger partial charge >= 0.3 is 0 Å². The number of ether oxygens (including phenoxy) is 6. The molecule has 0 bridgehead atoms. The Hall–Kier alpha value is -1.99. The maximum absolute atomic E-state index is 13.5. The maximum atomic E-state index is 13.5. The van der Waals surface area contributed by atoms with Gasteiger partial charge in [-0.15, -0.1) is 0 Å². The summed E-state index contributed by atoms with van der Waals surface area (Å²) >= 11 is 0. The van der Waals surface area contributed by atoms with Gasteiger partial charge in [0.15, 0.2) is 18.9 Å². The van der Waals surface area contributed by atoms with Crippen LogP contribution in [0.3, 0.4) is 0 Å². The number of allylic oxidation sites excluding steroid dienone is 5. The fraction of sp³-hybridized carbons (Fsp3) is 0.916. The molecule has 102 heavy (non-hydrogen) atoms. The summed E-state index contributed by atoms with van der Waals surface area (Å²) in [5.41, 5.74) is 0. The number of hydrogen-bond acceptors (Lipinski definition) is 18. The van der Waals surface area contributed by atoms with Crippen LogP contribution in [0.25, 0.3) is 0 Å². The number of amides is 1. The Morgan fingerprint density at radius 2 is 0.627 bits per heavy atom. The molecule has 0 aromatic rings. The van der Waals surface area contributed by atoms with Crippen LogP contribution in [0.15, 0.2) is 36.5 Å². The maximum Gasteiger partial charge on any atom is 0.220 e. The molecule has 0 aromatic carbocycles. The number of rotatable bonds is 68. The zero-order chi connectivity index (χ0) is 73.9. The van der Waals surface area contributed by atoms with E-state index >= 15 is 0 Å². The fourth-order valence-electron chi connectivity index (χ4n) is 14.4. The molecule has 3 heterocycles. The molecule has 0 radical (unpaired) electrons. The Bertz CT molecular complexity index is 1980. The van der Waals surface area contributed by atoms with Crippen molar-refractivity contribution in [2.75, 3.05) is 26.4 Å². The van der Waals surface area contributed by atoms with Crippen molar-refractivity contribution >= 4 is 5.91 Å². The van der Waals surface area contributed by atoms with Gasteiger partial charge in [0, 0.05) is 6.42 Å². The first kappa shape index (κ1) is 94.2. The lowest BCUT2D eigenvalue weighted by molar-refractivity contribution is -0.379. The van der Waals surface area contributed by atoms with Crippen LogP contribution in [-0.2, 0) is 33.2 Å². The van der Waals surface area contributed by atoms with E-state index in [0.29, 0.717) is 12.8 Å². The summed E-state index contributed by atoms with van der Waals surface area (Å²) in [7, 11) is 0. The van der Waals surface area contributed by atoms with E-state index in [1.165, 1.54) is 276 Å². The third-order valence-corrected chi connectivity index (χ3v) is 21.2. The highest BCUT2D eigenvalue weighted by Gasteiger charge is 2.54. The van der Waals surface area contributed by atoms with Gasteiger partial charge in [-0.05, 0) is 44.9 Å². The molecule has 3 rings (SSSR count). The van der Waals surface area contributed by atoms with Gasteiger partial charge in [-0.1, -0.05) is 339 Å². The Kier molecular flexibility index (Phi) is 59.0. The van der Waals surface area contributed by atoms with Crippen molar-refractivity contribution in [3.8, 4) is 0 Å². The average Bonchev–Trinajstić information content (AvgIpc) is 0.781. The second kappa shape index (κ2) is 63.9. The van der Waals surface area contributed by atoms with Gasteiger partial charge in [-0.25, -0.2) is 0 Å². The minimum absolute atomic E-state index is 0.237. The van der Waals surface area contributed by atoms with Gasteiger partial charge in [0.2, 0.25) is 5.91 Å². The van der Waals surface area contributed by atoms with Gasteiger partial charge in [0.05, 0.1) is 38.6 Å². The standard InChI is InChI=1S/C83H155NO18/c1-3-5-7-9-11-13-15-17-19-21-23-25-27-29-30-31-32-33-34-35-36-37-39-41-43-45-47-49-51-53-55-57-59-61-71(89)84-66(67(88)60-58-56-54-52-50-48-46-44-42-40-38-28-26-24-22-20-18-16-14-12-10-8-6-4-2)65-97-81-77(95)74(92)79(69(63-86)99-81)102-83-78(96)75(93)80(70(64-87)100-83)101-82-76(94)73(91)72(90)68(62-85)98-82/h42,44,50,52,58,60,66-70,72-83,85-88,90-96H,3-41,43,45-49,51,53-57,59,61-65H2,1-2H3,(H,84,89)/b44-42+,52-50+,60-58+. The van der Waals surface area contributed by atoms with Crippen LogP contribution in [0.2, 0.25) is 0 Å². The van der Waals surface area contributed by atoms with Gasteiger partial charge in [0.25, 0.3) is 0 Å². The predicted octanol–water partition coefficient (Wildman–Crippen LogP) is 14.7. The molecule has 3 saturated heterocycles. The van der Waals surface area contributed by atoms with Crippen LogP contribution in [0.4, 0.5) is 0 Å². The predicted molar refractivity (Wildman–Crippen MR) is 406 cm³/mol. The molecular weight excluding hydrogens is 1300 g/mol. The van der Waals surface area contributed by atoms with Crippen LogP contribution in [0.1, 0.15) is 354 Å². The van der Waals surface area contributed by atoms with Crippen molar-refractivity contribution < 1.29 is 89.4 Å². The molecule has 3 aliphatic rings. The van der Waals surface area contributed by atoms with Crippen LogP contribution in [-0.4, -0.2) is 193 Å². The van der Waals surface area contributed by atoms with Crippen LogP contribution < -0.4 is 5.32 Å². The Morgan fingerprint density at radius 1 is 0.343 bits per heavy atom. The molecule has 0 spiro atoms. The van der Waals surface area contributed by atoms with Crippen LogP contribution in [0.5, 0.6) is 0 Å². The van der Waals surface area contributed by atoms with Gasteiger partial charge in [-0.3, -0.25) is 4.79 Å². The van der Waals surface area contributed by atoms with E-state index in [2.05, 4.69) is 43.5 Å². The number of aliphatic hydroxyl groups is 11. The Balaban J connectivity index is 1.36. The average molecular weight is 1460 g/mol. The molecule has 3 aliphatic heterocycles. The minimum atomic E-state index is -1.98. The molecule has 3 fully saturated rings. The normalized spacial score (nSPS) is 26.3. The number of nitrogens with one attached hydrogen (secondary N) is 1. The lowest BCUT2D eigenvalue weighted by Gasteiger charge is -2.48. The van der Waals surface area contributed by atoms with Crippen molar-refractivity contribution in [3.05, 3.63) is 36.5 Å². The first-order valence-corrected chi connectivity index (χ1v) is 42.2. The molecule has 1 amide bonds. The minimum Gasteiger partial charge on any atom is -0.394 e. The molecule has 19 nitrogen and oxygen atoms in total. The number of hydrogen-bond donors (Lipinski definition) is 12. The monoisotopic (exact) mass is 1450 g/mol. The summed E-state index contributed by atoms with van der Waals surface area (Å²) in [6, 6.07) is -0.996. The Labute approximate surface area is 619 Å². The topological polar surface area (TPSA) is 307 Å². The van der Waals surface area contributed by atoms with Crippen LogP contribution >= 0.6 is 0 Å². The lowest BCUT2D eigenvalue weighted by Crippen LogP contribution is -2.66. The van der Waals surface area contributed by atoms with E-state index in [4.69, 9.17) is 28.4 Å². The molecule has 0 saturated carbocycles. The fourth-order valence-corrected chi connectivity index (χ4v) is 14.4. The smallest absolute Gasteiger partial charge is 0.220 e. The van der Waals surface area contributed by atoms with E-state index in [0.717, 1.165) is 44.9 Å². The van der Waals surface area contributed by atoms with E-state index in [-0.39, 0.29) is 18.9 Å². The Morgan fingerprint density at radius 3 is 0.980 bits per heavy atom. The van der Waals surface area contributed by atoms with Crippen molar-refractivity contribution in [1.82, 2.24) is 5.32 Å². The molecule has 17 atom stereocenters. The van der Waals surface area contributed by atoms with Gasteiger partial charge < -0.3 is 89.9 Å². The largest absolute Gasteiger partial charge is 0.394 e. The zero-order valence-corrected chi connectivity index (χ0v) is 64.4. The van der Waals surface area contributed by atoms with E-state index in [9.17, 15) is 61.0 Å². The first-order valence-electron chi connectivity index (χ1n) is 42.2. The van der Waals surface area contributed by atoms with Crippen molar-refractivity contribution in [3.63, 3.8) is 0 Å². The molecule has 0 aromatic heterocycles. The van der Waals surface area contributed by atoms with E-state index in [1.54, 1.807) is 6.08 Å². The third kappa shape index (κ3) is 43.3. The highest BCUT2D eigenvalue weighted by Crippen LogP contribution is 2.33. The summed E-state index contributed by atoms with van der Waals surface area (Å²) in [6.07, 6.45) is 53.0. The van der Waals surface area contributed by atoms with E-state index in [1.807, 2.05) is 6.08 Å². The molecule has 17 unspecified atom stereocenters. The van der Waals surface area contributed by atoms with Crippen molar-refractivity contribution in [2.24, 2.45) is 0 Å². The molecule has 19 heteroatoms. The summed E-state index contributed by atoms with van der Waals surface area (Å²) in [4.78, 5) is 13.5. The summed E-state index contributed by atoms with van der Waals surface area (Å²) in [5, 5.41) is 121.